The minimum Gasteiger partial charge on any atom is -0.348 e. The molecule has 7 heteroatoms. The summed E-state index contributed by atoms with van der Waals surface area (Å²) in [7, 11) is 0. The molecule has 0 saturated carbocycles. The van der Waals surface area contributed by atoms with Crippen molar-refractivity contribution in [3.63, 3.8) is 0 Å². The van der Waals surface area contributed by atoms with Gasteiger partial charge < -0.3 is 10.6 Å². The van der Waals surface area contributed by atoms with Crippen LogP contribution in [0.15, 0.2) is 60.2 Å². The lowest BCUT2D eigenvalue weighted by Crippen LogP contribution is -2.23. The molecule has 2 heterocycles. The number of thiophene rings is 1. The van der Waals surface area contributed by atoms with Crippen molar-refractivity contribution in [3.05, 3.63) is 81.3 Å². The lowest BCUT2D eigenvalue weighted by Gasteiger charge is -2.09. The molecule has 2 amide bonds. The second kappa shape index (κ2) is 7.92. The predicted molar refractivity (Wildman–Crippen MR) is 99.1 cm³/mol. The van der Waals surface area contributed by atoms with Gasteiger partial charge in [-0.15, -0.1) is 11.3 Å². The van der Waals surface area contributed by atoms with Crippen LogP contribution >= 0.6 is 22.9 Å². The first-order valence-electron chi connectivity index (χ1n) is 7.45. The lowest BCUT2D eigenvalue weighted by atomic mass is 10.1. The molecule has 0 radical (unpaired) electrons. The number of rotatable bonds is 5. The molecule has 2 N–H and O–H groups in total. The number of halogens is 1. The molecule has 0 bridgehead atoms. The second-order valence-electron chi connectivity index (χ2n) is 5.17. The van der Waals surface area contributed by atoms with Crippen LogP contribution in [0.3, 0.4) is 0 Å². The van der Waals surface area contributed by atoms with Gasteiger partial charge in [0, 0.05) is 24.5 Å². The van der Waals surface area contributed by atoms with Crippen molar-refractivity contribution < 1.29 is 9.59 Å². The maximum Gasteiger partial charge on any atom is 0.265 e. The molecular weight excluding hydrogens is 358 g/mol. The molecule has 0 aliphatic heterocycles. The Morgan fingerprint density at radius 3 is 2.72 bits per heavy atom. The highest BCUT2D eigenvalue weighted by atomic mass is 35.5. The van der Waals surface area contributed by atoms with E-state index < -0.39 is 0 Å². The third-order valence-electron chi connectivity index (χ3n) is 3.40. The van der Waals surface area contributed by atoms with E-state index in [1.54, 1.807) is 42.7 Å². The fourth-order valence-corrected chi connectivity index (χ4v) is 2.92. The normalized spacial score (nSPS) is 10.3. The Hall–Kier alpha value is -2.70. The molecule has 126 valence electrons. The average Bonchev–Trinajstić information content (AvgIpc) is 3.17. The van der Waals surface area contributed by atoms with Crippen molar-refractivity contribution >= 4 is 40.4 Å². The Balaban J connectivity index is 1.70. The van der Waals surface area contributed by atoms with Gasteiger partial charge in [-0.1, -0.05) is 23.7 Å². The quantitative estimate of drug-likeness (QED) is 0.712. The van der Waals surface area contributed by atoms with E-state index in [4.69, 9.17) is 11.6 Å². The van der Waals surface area contributed by atoms with Gasteiger partial charge in [0.2, 0.25) is 0 Å². The number of nitrogens with one attached hydrogen (secondary N) is 2. The fraction of sp³-hybridized carbons (Fsp3) is 0.0556. The molecule has 2 aromatic heterocycles. The van der Waals surface area contributed by atoms with Crippen molar-refractivity contribution in [2.75, 3.05) is 5.32 Å². The number of hydrogen-bond acceptors (Lipinski definition) is 4. The van der Waals surface area contributed by atoms with Crippen LogP contribution in [0.1, 0.15) is 25.6 Å². The summed E-state index contributed by atoms with van der Waals surface area (Å²) in [5.74, 6) is -0.517. The van der Waals surface area contributed by atoms with Gasteiger partial charge in [0.1, 0.15) is 0 Å². The number of carbonyl (C=O) groups is 2. The molecule has 5 nitrogen and oxygen atoms in total. The summed E-state index contributed by atoms with van der Waals surface area (Å²) >= 11 is 7.46. The number of benzene rings is 1. The fourth-order valence-electron chi connectivity index (χ4n) is 2.14. The van der Waals surface area contributed by atoms with E-state index in [0.29, 0.717) is 27.7 Å². The number of aromatic nitrogens is 1. The van der Waals surface area contributed by atoms with Crippen LogP contribution in [-0.2, 0) is 6.54 Å². The van der Waals surface area contributed by atoms with Crippen LogP contribution in [0.2, 0.25) is 5.02 Å². The minimum absolute atomic E-state index is 0.257. The highest BCUT2D eigenvalue weighted by Gasteiger charge is 2.12. The highest BCUT2D eigenvalue weighted by Crippen LogP contribution is 2.24. The van der Waals surface area contributed by atoms with Gasteiger partial charge in [-0.05, 0) is 41.3 Å². The van der Waals surface area contributed by atoms with Crippen molar-refractivity contribution in [1.29, 1.82) is 0 Å². The van der Waals surface area contributed by atoms with Gasteiger partial charge in [-0.2, -0.15) is 0 Å². The molecule has 0 aliphatic carbocycles. The van der Waals surface area contributed by atoms with E-state index in [0.717, 1.165) is 5.56 Å². The molecule has 0 spiro atoms. The smallest absolute Gasteiger partial charge is 0.265 e. The molecule has 0 aliphatic rings. The van der Waals surface area contributed by atoms with Crippen molar-refractivity contribution in [2.24, 2.45) is 0 Å². The summed E-state index contributed by atoms with van der Waals surface area (Å²) in [5.41, 5.74) is 1.71. The molecule has 0 atom stereocenters. The van der Waals surface area contributed by atoms with Crippen LogP contribution in [0.4, 0.5) is 5.69 Å². The van der Waals surface area contributed by atoms with Gasteiger partial charge in [-0.3, -0.25) is 14.6 Å². The molecule has 25 heavy (non-hydrogen) atoms. The Morgan fingerprint density at radius 2 is 2.00 bits per heavy atom. The second-order valence-corrected chi connectivity index (χ2v) is 6.52. The van der Waals surface area contributed by atoms with Gasteiger partial charge in [0.25, 0.3) is 11.8 Å². The van der Waals surface area contributed by atoms with Crippen molar-refractivity contribution in [1.82, 2.24) is 10.3 Å². The summed E-state index contributed by atoms with van der Waals surface area (Å²) in [6, 6.07) is 12.0. The Kier molecular flexibility index (Phi) is 5.42. The Morgan fingerprint density at radius 1 is 1.12 bits per heavy atom. The molecule has 1 aromatic carbocycles. The SMILES string of the molecule is O=C(NCc1cccnc1)c1ccc(Cl)c(NC(=O)c2cccs2)c1. The van der Waals surface area contributed by atoms with E-state index >= 15 is 0 Å². The number of hydrogen-bond donors (Lipinski definition) is 2. The van der Waals surface area contributed by atoms with E-state index in [1.807, 2.05) is 17.5 Å². The molecule has 3 rings (SSSR count). The summed E-state index contributed by atoms with van der Waals surface area (Å²) in [6.07, 6.45) is 3.36. The summed E-state index contributed by atoms with van der Waals surface area (Å²) in [4.78, 5) is 29.0. The Bertz CT molecular complexity index is 883. The number of nitrogens with zero attached hydrogens (tertiary/aromatic N) is 1. The van der Waals surface area contributed by atoms with E-state index in [1.165, 1.54) is 11.3 Å². The van der Waals surface area contributed by atoms with Gasteiger partial charge in [0.15, 0.2) is 0 Å². The average molecular weight is 372 g/mol. The largest absolute Gasteiger partial charge is 0.348 e. The molecule has 3 aromatic rings. The molecule has 0 fully saturated rings. The van der Waals surface area contributed by atoms with E-state index in [9.17, 15) is 9.59 Å². The lowest BCUT2D eigenvalue weighted by molar-refractivity contribution is 0.0949. The number of pyridine rings is 1. The number of anilines is 1. The molecule has 0 saturated heterocycles. The van der Waals surface area contributed by atoms with Gasteiger partial charge in [0.05, 0.1) is 15.6 Å². The third-order valence-corrected chi connectivity index (χ3v) is 4.60. The maximum atomic E-state index is 12.3. The molecular formula is C18H14ClN3O2S. The van der Waals surface area contributed by atoms with Crippen LogP contribution in [-0.4, -0.2) is 16.8 Å². The van der Waals surface area contributed by atoms with Crippen LogP contribution < -0.4 is 10.6 Å². The summed E-state index contributed by atoms with van der Waals surface area (Å²) in [6.45, 7) is 0.367. The van der Waals surface area contributed by atoms with E-state index in [2.05, 4.69) is 15.6 Å². The zero-order valence-corrected chi connectivity index (χ0v) is 14.6. The monoisotopic (exact) mass is 371 g/mol. The first kappa shape index (κ1) is 17.1. The number of amides is 2. The predicted octanol–water partition coefficient (Wildman–Crippen LogP) is 3.98. The highest BCUT2D eigenvalue weighted by molar-refractivity contribution is 7.12. The summed E-state index contributed by atoms with van der Waals surface area (Å²) in [5, 5.41) is 7.73. The van der Waals surface area contributed by atoms with E-state index in [-0.39, 0.29) is 11.8 Å². The van der Waals surface area contributed by atoms with Crippen LogP contribution in [0.25, 0.3) is 0 Å². The first-order valence-corrected chi connectivity index (χ1v) is 8.71. The van der Waals surface area contributed by atoms with Gasteiger partial charge in [-0.25, -0.2) is 0 Å². The zero-order chi connectivity index (χ0) is 17.6. The Labute approximate surface area is 153 Å². The summed E-state index contributed by atoms with van der Waals surface area (Å²) < 4.78 is 0. The van der Waals surface area contributed by atoms with Crippen LogP contribution in [0, 0.1) is 0 Å². The van der Waals surface area contributed by atoms with Crippen molar-refractivity contribution in [2.45, 2.75) is 6.54 Å². The first-order chi connectivity index (χ1) is 12.1. The standard InChI is InChI=1S/C18H14ClN3O2S/c19-14-6-5-13(17(23)21-11-12-3-1-7-20-10-12)9-15(14)22-18(24)16-4-2-8-25-16/h1-10H,11H2,(H,21,23)(H,22,24). The molecule has 0 unspecified atom stereocenters. The minimum atomic E-state index is -0.259. The third kappa shape index (κ3) is 4.43. The van der Waals surface area contributed by atoms with Crippen molar-refractivity contribution in [3.8, 4) is 0 Å². The maximum absolute atomic E-state index is 12.3. The zero-order valence-electron chi connectivity index (χ0n) is 13.0. The van der Waals surface area contributed by atoms with Crippen LogP contribution in [0.5, 0.6) is 0 Å². The van der Waals surface area contributed by atoms with Gasteiger partial charge >= 0.3 is 0 Å². The topological polar surface area (TPSA) is 71.1 Å². The number of carbonyl (C=O) groups excluding carboxylic acids is 2.